The Morgan fingerprint density at radius 3 is 2.67 bits per heavy atom. The number of amides is 2. The summed E-state index contributed by atoms with van der Waals surface area (Å²) in [6.45, 7) is 2.65. The number of urea groups is 1. The highest BCUT2D eigenvalue weighted by molar-refractivity contribution is 7.10. The average Bonchev–Trinajstić information content (AvgIpc) is 3.02. The van der Waals surface area contributed by atoms with Crippen LogP contribution in [0.3, 0.4) is 0 Å². The minimum absolute atomic E-state index is 0.0511. The van der Waals surface area contributed by atoms with Gasteiger partial charge in [-0.05, 0) is 42.5 Å². The van der Waals surface area contributed by atoms with Gasteiger partial charge in [0.05, 0.1) is 6.04 Å². The van der Waals surface area contributed by atoms with Crippen molar-refractivity contribution in [3.63, 3.8) is 0 Å². The quantitative estimate of drug-likeness (QED) is 0.872. The first-order valence-corrected chi connectivity index (χ1v) is 8.12. The van der Waals surface area contributed by atoms with Crippen LogP contribution in [0.4, 0.5) is 4.79 Å². The number of nitrogens with zero attached hydrogens (tertiary/aromatic N) is 1. The SMILES string of the molecule is CC(c1cccs1)N(C)C(=O)NCCc1ccc(Cl)cc1. The Morgan fingerprint density at radius 2 is 2.05 bits per heavy atom. The predicted molar refractivity (Wildman–Crippen MR) is 89.1 cm³/mol. The minimum Gasteiger partial charge on any atom is -0.338 e. The predicted octanol–water partition coefficient (Wildman–Crippen LogP) is 4.35. The van der Waals surface area contributed by atoms with Crippen LogP contribution < -0.4 is 5.32 Å². The zero-order valence-corrected chi connectivity index (χ0v) is 13.7. The molecule has 0 aliphatic carbocycles. The van der Waals surface area contributed by atoms with Gasteiger partial charge >= 0.3 is 6.03 Å². The lowest BCUT2D eigenvalue weighted by Crippen LogP contribution is -2.39. The largest absolute Gasteiger partial charge is 0.338 e. The summed E-state index contributed by atoms with van der Waals surface area (Å²) in [6, 6.07) is 11.8. The summed E-state index contributed by atoms with van der Waals surface area (Å²) in [5.41, 5.74) is 1.16. The van der Waals surface area contributed by atoms with Crippen LogP contribution in [0.5, 0.6) is 0 Å². The van der Waals surface area contributed by atoms with Crippen LogP contribution in [0.1, 0.15) is 23.4 Å². The van der Waals surface area contributed by atoms with E-state index in [4.69, 9.17) is 11.6 Å². The summed E-state index contributed by atoms with van der Waals surface area (Å²) < 4.78 is 0. The third kappa shape index (κ3) is 4.48. The van der Waals surface area contributed by atoms with Crippen LogP contribution in [-0.2, 0) is 6.42 Å². The first kappa shape index (κ1) is 15.9. The fraction of sp³-hybridized carbons (Fsp3) is 0.312. The number of nitrogens with one attached hydrogen (secondary N) is 1. The molecule has 1 aromatic heterocycles. The maximum Gasteiger partial charge on any atom is 0.317 e. The second-order valence-electron chi connectivity index (χ2n) is 4.91. The van der Waals surface area contributed by atoms with Crippen LogP contribution >= 0.6 is 22.9 Å². The smallest absolute Gasteiger partial charge is 0.317 e. The summed E-state index contributed by atoms with van der Waals surface area (Å²) in [7, 11) is 1.82. The maximum atomic E-state index is 12.1. The van der Waals surface area contributed by atoms with Crippen molar-refractivity contribution in [1.29, 1.82) is 0 Å². The Morgan fingerprint density at radius 1 is 1.33 bits per heavy atom. The van der Waals surface area contributed by atoms with Gasteiger partial charge in [0, 0.05) is 23.5 Å². The lowest BCUT2D eigenvalue weighted by atomic mass is 10.1. The summed E-state index contributed by atoms with van der Waals surface area (Å²) in [5.74, 6) is 0. The lowest BCUT2D eigenvalue weighted by molar-refractivity contribution is 0.195. The standard InChI is InChI=1S/C16H19ClN2OS/c1-12(15-4-3-11-21-15)19(2)16(20)18-10-9-13-5-7-14(17)8-6-13/h3-8,11-12H,9-10H2,1-2H3,(H,18,20). The Kier molecular flexibility index (Phi) is 5.65. The van der Waals surface area contributed by atoms with E-state index >= 15 is 0 Å². The monoisotopic (exact) mass is 322 g/mol. The van der Waals surface area contributed by atoms with E-state index < -0.39 is 0 Å². The number of hydrogen-bond donors (Lipinski definition) is 1. The number of carbonyl (C=O) groups excluding carboxylic acids is 1. The third-order valence-electron chi connectivity index (χ3n) is 3.46. The van der Waals surface area contributed by atoms with E-state index in [1.807, 2.05) is 55.7 Å². The van der Waals surface area contributed by atoms with E-state index in [0.717, 1.165) is 17.0 Å². The normalized spacial score (nSPS) is 12.0. The number of rotatable bonds is 5. The molecule has 0 saturated carbocycles. The Hall–Kier alpha value is -1.52. The summed E-state index contributed by atoms with van der Waals surface area (Å²) in [6.07, 6.45) is 0.796. The van der Waals surface area contributed by atoms with Crippen LogP contribution in [0, 0.1) is 0 Å². The summed E-state index contributed by atoms with van der Waals surface area (Å²) in [4.78, 5) is 15.0. The van der Waals surface area contributed by atoms with Crippen molar-refractivity contribution in [2.75, 3.05) is 13.6 Å². The van der Waals surface area contributed by atoms with Gasteiger partial charge in [0.25, 0.3) is 0 Å². The van der Waals surface area contributed by atoms with Gasteiger partial charge in [-0.2, -0.15) is 0 Å². The molecule has 0 saturated heterocycles. The molecule has 2 amide bonds. The number of carbonyl (C=O) groups is 1. The molecule has 0 spiro atoms. The van der Waals surface area contributed by atoms with E-state index in [-0.39, 0.29) is 12.1 Å². The second kappa shape index (κ2) is 7.48. The molecule has 0 aliphatic heterocycles. The van der Waals surface area contributed by atoms with Crippen LogP contribution in [0.2, 0.25) is 5.02 Å². The Bertz CT molecular complexity index is 568. The maximum absolute atomic E-state index is 12.1. The van der Waals surface area contributed by atoms with Gasteiger partial charge in [-0.3, -0.25) is 0 Å². The third-order valence-corrected chi connectivity index (χ3v) is 4.75. The van der Waals surface area contributed by atoms with Gasteiger partial charge < -0.3 is 10.2 Å². The van der Waals surface area contributed by atoms with Gasteiger partial charge in [0.2, 0.25) is 0 Å². The van der Waals surface area contributed by atoms with Crippen molar-refractivity contribution < 1.29 is 4.79 Å². The number of thiophene rings is 1. The molecule has 3 nitrogen and oxygen atoms in total. The van der Waals surface area contributed by atoms with Gasteiger partial charge in [-0.15, -0.1) is 11.3 Å². The Labute approximate surface area is 134 Å². The highest BCUT2D eigenvalue weighted by Gasteiger charge is 2.17. The highest BCUT2D eigenvalue weighted by atomic mass is 35.5. The van der Waals surface area contributed by atoms with E-state index in [1.165, 1.54) is 4.88 Å². The van der Waals surface area contributed by atoms with Gasteiger partial charge in [0.1, 0.15) is 0 Å². The molecule has 0 fully saturated rings. The molecular weight excluding hydrogens is 304 g/mol. The summed E-state index contributed by atoms with van der Waals surface area (Å²) >= 11 is 7.51. The molecule has 5 heteroatoms. The van der Waals surface area contributed by atoms with Crippen LogP contribution in [-0.4, -0.2) is 24.5 Å². The summed E-state index contributed by atoms with van der Waals surface area (Å²) in [5, 5.41) is 5.70. The van der Waals surface area contributed by atoms with Gasteiger partial charge in [0.15, 0.2) is 0 Å². The molecule has 1 aromatic carbocycles. The molecule has 1 atom stereocenters. The first-order chi connectivity index (χ1) is 10.1. The molecular formula is C16H19ClN2OS. The fourth-order valence-corrected chi connectivity index (χ4v) is 2.94. The molecule has 2 aromatic rings. The van der Waals surface area contributed by atoms with Crippen molar-refractivity contribution in [2.24, 2.45) is 0 Å². The van der Waals surface area contributed by atoms with E-state index in [1.54, 1.807) is 16.2 Å². The van der Waals surface area contributed by atoms with Crippen LogP contribution in [0.15, 0.2) is 41.8 Å². The zero-order chi connectivity index (χ0) is 15.2. The molecule has 0 radical (unpaired) electrons. The topological polar surface area (TPSA) is 32.3 Å². The Balaban J connectivity index is 1.80. The van der Waals surface area contributed by atoms with Gasteiger partial charge in [-0.25, -0.2) is 4.79 Å². The molecule has 1 heterocycles. The molecule has 21 heavy (non-hydrogen) atoms. The molecule has 2 rings (SSSR count). The van der Waals surface area contributed by atoms with Gasteiger partial charge in [-0.1, -0.05) is 29.8 Å². The minimum atomic E-state index is -0.0511. The number of halogens is 1. The lowest BCUT2D eigenvalue weighted by Gasteiger charge is -2.24. The van der Waals surface area contributed by atoms with Crippen LogP contribution in [0.25, 0.3) is 0 Å². The van der Waals surface area contributed by atoms with Crippen molar-refractivity contribution in [1.82, 2.24) is 10.2 Å². The van der Waals surface area contributed by atoms with E-state index in [9.17, 15) is 4.79 Å². The second-order valence-corrected chi connectivity index (χ2v) is 6.33. The van der Waals surface area contributed by atoms with E-state index in [2.05, 4.69) is 5.32 Å². The first-order valence-electron chi connectivity index (χ1n) is 6.86. The molecule has 0 bridgehead atoms. The van der Waals surface area contributed by atoms with Crippen molar-refractivity contribution in [3.05, 3.63) is 57.2 Å². The fourth-order valence-electron chi connectivity index (χ4n) is 1.99. The number of benzene rings is 1. The average molecular weight is 323 g/mol. The van der Waals surface area contributed by atoms with E-state index in [0.29, 0.717) is 6.54 Å². The highest BCUT2D eigenvalue weighted by Crippen LogP contribution is 2.23. The van der Waals surface area contributed by atoms with Crippen molar-refractivity contribution in [3.8, 4) is 0 Å². The van der Waals surface area contributed by atoms with Crippen molar-refractivity contribution in [2.45, 2.75) is 19.4 Å². The van der Waals surface area contributed by atoms with Crippen molar-refractivity contribution >= 4 is 29.0 Å². The molecule has 0 aliphatic rings. The number of hydrogen-bond acceptors (Lipinski definition) is 2. The molecule has 112 valence electrons. The molecule has 1 unspecified atom stereocenters. The molecule has 1 N–H and O–H groups in total. The zero-order valence-electron chi connectivity index (χ0n) is 12.2.